The Morgan fingerprint density at radius 2 is 1.52 bits per heavy atom. The van der Waals surface area contributed by atoms with Gasteiger partial charge in [0.1, 0.15) is 11.5 Å². The second kappa shape index (κ2) is 14.3. The lowest BCUT2D eigenvalue weighted by molar-refractivity contribution is 0.0960. The van der Waals surface area contributed by atoms with Crippen molar-refractivity contribution in [1.29, 1.82) is 0 Å². The number of rotatable bonds is 12. The molecule has 3 amide bonds. The van der Waals surface area contributed by atoms with Crippen LogP contribution < -0.4 is 30.9 Å². The third-order valence-corrected chi connectivity index (χ3v) is 7.83. The van der Waals surface area contributed by atoms with E-state index in [1.807, 2.05) is 32.0 Å². The van der Waals surface area contributed by atoms with Crippen molar-refractivity contribution in [2.24, 2.45) is 0 Å². The minimum absolute atomic E-state index is 0.0374. The van der Waals surface area contributed by atoms with Crippen LogP contribution in [0.4, 0.5) is 21.9 Å². The number of sulfonamides is 1. The maximum atomic E-state index is 13.0. The average Bonchev–Trinajstić information content (AvgIpc) is 2.98. The molecule has 0 aromatic heterocycles. The molecule has 0 saturated carbocycles. The number of hydrazine groups is 1. The summed E-state index contributed by atoms with van der Waals surface area (Å²) in [5, 5.41) is 15.3. The number of aromatic hydroxyl groups is 1. The lowest BCUT2D eigenvalue weighted by Crippen LogP contribution is -2.30. The molecule has 44 heavy (non-hydrogen) atoms. The molecule has 0 bridgehead atoms. The smallest absolute Gasteiger partial charge is 0.319 e. The zero-order chi connectivity index (χ0) is 31.7. The molecule has 6 N–H and O–H groups in total. The molecular formula is C32H35N5O6S. The van der Waals surface area contributed by atoms with Crippen molar-refractivity contribution in [2.45, 2.75) is 32.1 Å². The first kappa shape index (κ1) is 31.7. The van der Waals surface area contributed by atoms with Gasteiger partial charge in [0, 0.05) is 17.9 Å². The first-order chi connectivity index (χ1) is 21.0. The summed E-state index contributed by atoms with van der Waals surface area (Å²) in [5.41, 5.74) is 9.47. The highest BCUT2D eigenvalue weighted by Gasteiger charge is 2.16. The van der Waals surface area contributed by atoms with Crippen LogP contribution in [-0.2, 0) is 10.0 Å². The normalized spacial score (nSPS) is 10.9. The van der Waals surface area contributed by atoms with Crippen LogP contribution in [0.5, 0.6) is 11.5 Å². The van der Waals surface area contributed by atoms with Gasteiger partial charge >= 0.3 is 6.03 Å². The number of anilines is 3. The van der Waals surface area contributed by atoms with Gasteiger partial charge in [0.15, 0.2) is 0 Å². The molecule has 11 nitrogen and oxygen atoms in total. The Hall–Kier alpha value is -5.23. The fraction of sp³-hybridized carbons (Fsp3) is 0.188. The molecule has 0 unspecified atom stereocenters. The van der Waals surface area contributed by atoms with Crippen LogP contribution in [0.3, 0.4) is 0 Å². The number of carbonyl (C=O) groups excluding carboxylic acids is 2. The Labute approximate surface area is 256 Å². The molecule has 0 aliphatic heterocycles. The molecule has 4 rings (SSSR count). The van der Waals surface area contributed by atoms with Crippen LogP contribution in [0, 0.1) is 20.8 Å². The first-order valence-electron chi connectivity index (χ1n) is 13.8. The molecule has 0 aliphatic rings. The number of nitrogens with one attached hydrogen (secondary N) is 5. The van der Waals surface area contributed by atoms with E-state index in [9.17, 15) is 23.1 Å². The molecule has 0 saturated heterocycles. The maximum Gasteiger partial charge on any atom is 0.319 e. The van der Waals surface area contributed by atoms with Crippen molar-refractivity contribution in [3.63, 3.8) is 0 Å². The number of aryl methyl sites for hydroxylation is 3. The molecule has 0 aliphatic carbocycles. The van der Waals surface area contributed by atoms with E-state index >= 15 is 0 Å². The van der Waals surface area contributed by atoms with Crippen molar-refractivity contribution in [2.75, 3.05) is 28.6 Å². The van der Waals surface area contributed by atoms with E-state index in [0.717, 1.165) is 22.4 Å². The number of urea groups is 1. The standard InChI is InChI=1S/C32H35N5O6S/c1-21-9-15-30(23(3)18-21)43-17-5-16-33-32(40)34-26-6-4-7-27(20-26)44(41,42)37-25-12-10-24(11-13-25)35-36-31(39)28-19-22(2)8-14-29(28)38/h4,6-15,18-20,35,37-38H,5,16-17H2,1-3H3,(H,36,39)(H2,33,34,40). The van der Waals surface area contributed by atoms with E-state index in [0.29, 0.717) is 30.9 Å². The summed E-state index contributed by atoms with van der Waals surface area (Å²) in [7, 11) is -3.97. The molecule has 0 radical (unpaired) electrons. The molecular weight excluding hydrogens is 582 g/mol. The highest BCUT2D eigenvalue weighted by Crippen LogP contribution is 2.22. The Balaban J connectivity index is 1.25. The molecule has 0 heterocycles. The fourth-order valence-electron chi connectivity index (χ4n) is 4.20. The third-order valence-electron chi connectivity index (χ3n) is 6.45. The summed E-state index contributed by atoms with van der Waals surface area (Å²) in [5.74, 6) is 0.137. The third kappa shape index (κ3) is 8.88. The lowest BCUT2D eigenvalue weighted by atomic mass is 10.1. The molecule has 230 valence electrons. The van der Waals surface area contributed by atoms with Crippen molar-refractivity contribution < 1.29 is 27.9 Å². The van der Waals surface area contributed by atoms with Crippen molar-refractivity contribution in [1.82, 2.24) is 10.7 Å². The van der Waals surface area contributed by atoms with Gasteiger partial charge in [-0.25, -0.2) is 13.2 Å². The number of benzene rings is 4. The fourth-order valence-corrected chi connectivity index (χ4v) is 5.30. The number of carbonyl (C=O) groups is 2. The average molecular weight is 618 g/mol. The highest BCUT2D eigenvalue weighted by atomic mass is 32.2. The van der Waals surface area contributed by atoms with Crippen LogP contribution in [0.1, 0.15) is 33.5 Å². The Bertz CT molecular complexity index is 1740. The van der Waals surface area contributed by atoms with E-state index < -0.39 is 22.0 Å². The van der Waals surface area contributed by atoms with Crippen molar-refractivity contribution in [3.8, 4) is 11.5 Å². The number of hydrogen-bond acceptors (Lipinski definition) is 7. The molecule has 4 aromatic carbocycles. The Kier molecular flexibility index (Phi) is 10.3. The molecule has 12 heteroatoms. The van der Waals surface area contributed by atoms with E-state index in [-0.39, 0.29) is 21.9 Å². The number of ether oxygens (including phenoxy) is 1. The number of amides is 3. The second-order valence-electron chi connectivity index (χ2n) is 10.2. The van der Waals surface area contributed by atoms with E-state index in [4.69, 9.17) is 4.74 Å². The number of phenolic OH excluding ortho intramolecular Hbond substituents is 1. The summed E-state index contributed by atoms with van der Waals surface area (Å²) in [6, 6.07) is 22.3. The van der Waals surface area contributed by atoms with Crippen LogP contribution >= 0.6 is 0 Å². The van der Waals surface area contributed by atoms with Gasteiger partial charge in [-0.15, -0.1) is 0 Å². The van der Waals surface area contributed by atoms with E-state index in [1.54, 1.807) is 37.3 Å². The monoisotopic (exact) mass is 617 g/mol. The predicted molar refractivity (Wildman–Crippen MR) is 171 cm³/mol. The zero-order valence-electron chi connectivity index (χ0n) is 24.6. The lowest BCUT2D eigenvalue weighted by Gasteiger charge is -2.13. The highest BCUT2D eigenvalue weighted by molar-refractivity contribution is 7.92. The van der Waals surface area contributed by atoms with Gasteiger partial charge < -0.3 is 20.5 Å². The van der Waals surface area contributed by atoms with E-state index in [2.05, 4.69) is 26.2 Å². The van der Waals surface area contributed by atoms with Gasteiger partial charge in [-0.3, -0.25) is 20.4 Å². The zero-order valence-corrected chi connectivity index (χ0v) is 25.4. The van der Waals surface area contributed by atoms with Gasteiger partial charge in [0.25, 0.3) is 15.9 Å². The maximum absolute atomic E-state index is 13.0. The first-order valence-corrected chi connectivity index (χ1v) is 15.3. The minimum Gasteiger partial charge on any atom is -0.507 e. The van der Waals surface area contributed by atoms with Crippen LogP contribution in [0.25, 0.3) is 0 Å². The predicted octanol–water partition coefficient (Wildman–Crippen LogP) is 5.47. The van der Waals surface area contributed by atoms with Gasteiger partial charge in [-0.2, -0.15) is 0 Å². The quantitative estimate of drug-likeness (QED) is 0.0909. The summed E-state index contributed by atoms with van der Waals surface area (Å²) < 4.78 is 34.3. The largest absolute Gasteiger partial charge is 0.507 e. The van der Waals surface area contributed by atoms with E-state index in [1.165, 1.54) is 36.4 Å². The van der Waals surface area contributed by atoms with Gasteiger partial charge in [0.2, 0.25) is 0 Å². The van der Waals surface area contributed by atoms with Gasteiger partial charge in [0.05, 0.1) is 22.8 Å². The van der Waals surface area contributed by atoms with Crippen LogP contribution in [-0.4, -0.2) is 38.6 Å². The molecule has 0 fully saturated rings. The Morgan fingerprint density at radius 1 is 0.818 bits per heavy atom. The molecule has 0 atom stereocenters. The second-order valence-corrected chi connectivity index (χ2v) is 11.8. The van der Waals surface area contributed by atoms with Gasteiger partial charge in [-0.1, -0.05) is 35.4 Å². The molecule has 0 spiro atoms. The number of hydrogen-bond donors (Lipinski definition) is 6. The topological polar surface area (TPSA) is 158 Å². The van der Waals surface area contributed by atoms with Crippen molar-refractivity contribution >= 4 is 39.0 Å². The summed E-state index contributed by atoms with van der Waals surface area (Å²) >= 11 is 0. The SMILES string of the molecule is Cc1ccc(OCCCNC(=O)Nc2cccc(S(=O)(=O)Nc3ccc(NNC(=O)c4cc(C)ccc4O)cc3)c2)c(C)c1. The molecule has 4 aromatic rings. The van der Waals surface area contributed by atoms with Crippen LogP contribution in [0.2, 0.25) is 0 Å². The summed E-state index contributed by atoms with van der Waals surface area (Å²) in [6.45, 7) is 6.62. The van der Waals surface area contributed by atoms with Crippen molar-refractivity contribution in [3.05, 3.63) is 107 Å². The Morgan fingerprint density at radius 3 is 2.27 bits per heavy atom. The van der Waals surface area contributed by atoms with Crippen LogP contribution in [0.15, 0.2) is 89.8 Å². The van der Waals surface area contributed by atoms with Gasteiger partial charge in [-0.05, 0) is 93.4 Å². The summed E-state index contributed by atoms with van der Waals surface area (Å²) in [4.78, 5) is 24.7. The number of phenols is 1. The summed E-state index contributed by atoms with van der Waals surface area (Å²) in [6.07, 6.45) is 0.593. The minimum atomic E-state index is -3.97.